The van der Waals surface area contributed by atoms with Crippen molar-refractivity contribution in [3.05, 3.63) is 34.0 Å². The molecule has 2 heterocycles. The average Bonchev–Trinajstić information content (AvgIpc) is 2.71. The van der Waals surface area contributed by atoms with Gasteiger partial charge in [-0.1, -0.05) is 19.9 Å². The monoisotopic (exact) mass is 275 g/mol. The van der Waals surface area contributed by atoms with E-state index in [4.69, 9.17) is 10.7 Å². The van der Waals surface area contributed by atoms with Crippen LogP contribution in [0.5, 0.6) is 0 Å². The van der Waals surface area contributed by atoms with Gasteiger partial charge < -0.3 is 5.73 Å². The summed E-state index contributed by atoms with van der Waals surface area (Å²) >= 11 is 1.68. The van der Waals surface area contributed by atoms with E-state index in [1.807, 2.05) is 6.20 Å². The highest BCUT2D eigenvalue weighted by Gasteiger charge is 2.15. The molecule has 0 saturated heterocycles. The lowest BCUT2D eigenvalue weighted by Crippen LogP contribution is -2.02. The highest BCUT2D eigenvalue weighted by Crippen LogP contribution is 2.30. The molecule has 0 unspecified atom stereocenters. The van der Waals surface area contributed by atoms with Gasteiger partial charge in [-0.15, -0.1) is 11.3 Å². The van der Waals surface area contributed by atoms with Gasteiger partial charge in [0.25, 0.3) is 0 Å². The van der Waals surface area contributed by atoms with E-state index >= 15 is 0 Å². The third-order valence-corrected chi connectivity index (χ3v) is 4.11. The number of thiazole rings is 1. The molecule has 0 aliphatic rings. The summed E-state index contributed by atoms with van der Waals surface area (Å²) in [5, 5.41) is 0.994. The number of aromatic nitrogens is 2. The lowest BCUT2D eigenvalue weighted by molar-refractivity contribution is 0.634. The van der Waals surface area contributed by atoms with Crippen LogP contribution in [0.1, 0.15) is 35.5 Å². The van der Waals surface area contributed by atoms with Crippen molar-refractivity contribution >= 4 is 11.3 Å². The standard InChI is InChI=1S/C15H21N3S/c1-9(2)5-12-13(7-16)19-15(18-12)14-11(4)6-10(3)8-17-14/h6,8-9H,5,7,16H2,1-4H3. The fraction of sp³-hybridized carbons (Fsp3) is 0.467. The van der Waals surface area contributed by atoms with Crippen LogP contribution in [0.25, 0.3) is 10.7 Å². The number of rotatable bonds is 4. The molecule has 3 nitrogen and oxygen atoms in total. The predicted molar refractivity (Wildman–Crippen MR) is 81.3 cm³/mol. The van der Waals surface area contributed by atoms with Crippen molar-refractivity contribution in [2.75, 3.05) is 0 Å². The minimum atomic E-state index is 0.560. The second-order valence-corrected chi connectivity index (χ2v) is 6.45. The summed E-state index contributed by atoms with van der Waals surface area (Å²) in [6.45, 7) is 9.11. The van der Waals surface area contributed by atoms with E-state index in [1.165, 1.54) is 16.0 Å². The molecule has 19 heavy (non-hydrogen) atoms. The van der Waals surface area contributed by atoms with E-state index in [-0.39, 0.29) is 0 Å². The Bertz CT molecular complexity index is 573. The van der Waals surface area contributed by atoms with Crippen molar-refractivity contribution in [3.63, 3.8) is 0 Å². The number of hydrogen-bond donors (Lipinski definition) is 1. The zero-order valence-corrected chi connectivity index (χ0v) is 12.8. The maximum atomic E-state index is 5.83. The number of pyridine rings is 1. The smallest absolute Gasteiger partial charge is 0.142 e. The molecule has 0 saturated carbocycles. The zero-order valence-electron chi connectivity index (χ0n) is 12.0. The number of aryl methyl sites for hydroxylation is 2. The molecule has 2 aromatic rings. The van der Waals surface area contributed by atoms with E-state index in [0.717, 1.165) is 22.8 Å². The Hall–Kier alpha value is -1.26. The van der Waals surface area contributed by atoms with Gasteiger partial charge in [-0.3, -0.25) is 4.98 Å². The normalized spacial score (nSPS) is 11.3. The second-order valence-electron chi connectivity index (χ2n) is 5.37. The molecule has 0 spiro atoms. The highest BCUT2D eigenvalue weighted by atomic mass is 32.1. The maximum absolute atomic E-state index is 5.83. The van der Waals surface area contributed by atoms with Crippen LogP contribution in [-0.4, -0.2) is 9.97 Å². The molecule has 102 valence electrons. The number of nitrogens with zero attached hydrogens (tertiary/aromatic N) is 2. The molecule has 2 rings (SSSR count). The Balaban J connectivity index is 2.42. The molecule has 2 N–H and O–H groups in total. The minimum Gasteiger partial charge on any atom is -0.326 e. The Morgan fingerprint density at radius 1 is 1.32 bits per heavy atom. The van der Waals surface area contributed by atoms with Crippen LogP contribution in [0.15, 0.2) is 12.3 Å². The van der Waals surface area contributed by atoms with Gasteiger partial charge in [-0.2, -0.15) is 0 Å². The van der Waals surface area contributed by atoms with Crippen molar-refractivity contribution < 1.29 is 0 Å². The molecule has 0 aliphatic heterocycles. The number of hydrogen-bond acceptors (Lipinski definition) is 4. The van der Waals surface area contributed by atoms with Gasteiger partial charge in [0.15, 0.2) is 0 Å². The first-order valence-electron chi connectivity index (χ1n) is 6.63. The molecule has 0 fully saturated rings. The molecule has 2 aromatic heterocycles. The van der Waals surface area contributed by atoms with E-state index in [1.54, 1.807) is 11.3 Å². The molecule has 0 bridgehead atoms. The predicted octanol–water partition coefficient (Wildman–Crippen LogP) is 3.48. The van der Waals surface area contributed by atoms with E-state index in [0.29, 0.717) is 12.5 Å². The second kappa shape index (κ2) is 5.80. The summed E-state index contributed by atoms with van der Waals surface area (Å²) in [5.41, 5.74) is 10.3. The summed E-state index contributed by atoms with van der Waals surface area (Å²) in [5.74, 6) is 0.590. The van der Waals surface area contributed by atoms with Crippen molar-refractivity contribution in [2.45, 2.75) is 40.7 Å². The quantitative estimate of drug-likeness (QED) is 0.929. The Labute approximate surface area is 118 Å². The van der Waals surface area contributed by atoms with E-state index < -0.39 is 0 Å². The molecule has 0 radical (unpaired) electrons. The molecule has 4 heteroatoms. The lowest BCUT2D eigenvalue weighted by Gasteiger charge is -2.03. The van der Waals surface area contributed by atoms with Crippen LogP contribution in [0.3, 0.4) is 0 Å². The maximum Gasteiger partial charge on any atom is 0.142 e. The lowest BCUT2D eigenvalue weighted by atomic mass is 10.1. The third-order valence-electron chi connectivity index (χ3n) is 2.98. The average molecular weight is 275 g/mol. The summed E-state index contributed by atoms with van der Waals surface area (Å²) < 4.78 is 0. The number of nitrogens with two attached hydrogens (primary N) is 1. The fourth-order valence-corrected chi connectivity index (χ4v) is 3.16. The fourth-order valence-electron chi connectivity index (χ4n) is 2.13. The first kappa shape index (κ1) is 14.2. The van der Waals surface area contributed by atoms with Crippen molar-refractivity contribution in [1.82, 2.24) is 9.97 Å². The zero-order chi connectivity index (χ0) is 14.0. The van der Waals surface area contributed by atoms with E-state index in [2.05, 4.69) is 38.7 Å². The van der Waals surface area contributed by atoms with Gasteiger partial charge >= 0.3 is 0 Å². The summed E-state index contributed by atoms with van der Waals surface area (Å²) in [6.07, 6.45) is 2.88. The van der Waals surface area contributed by atoms with Crippen LogP contribution < -0.4 is 5.73 Å². The molecule has 0 aliphatic carbocycles. The highest BCUT2D eigenvalue weighted by molar-refractivity contribution is 7.15. The summed E-state index contributed by atoms with van der Waals surface area (Å²) in [7, 11) is 0. The molecule has 0 atom stereocenters. The van der Waals surface area contributed by atoms with Crippen molar-refractivity contribution in [1.29, 1.82) is 0 Å². The largest absolute Gasteiger partial charge is 0.326 e. The first-order valence-corrected chi connectivity index (χ1v) is 7.45. The van der Waals surface area contributed by atoms with Gasteiger partial charge in [-0.05, 0) is 37.3 Å². The van der Waals surface area contributed by atoms with Crippen LogP contribution in [0.4, 0.5) is 0 Å². The summed E-state index contributed by atoms with van der Waals surface area (Å²) in [4.78, 5) is 10.5. The van der Waals surface area contributed by atoms with Crippen LogP contribution in [0.2, 0.25) is 0 Å². The van der Waals surface area contributed by atoms with Crippen LogP contribution >= 0.6 is 11.3 Å². The molecular weight excluding hydrogens is 254 g/mol. The Kier molecular flexibility index (Phi) is 4.32. The van der Waals surface area contributed by atoms with Gasteiger partial charge in [-0.25, -0.2) is 4.98 Å². The molecule has 0 aromatic carbocycles. The molecular formula is C15H21N3S. The van der Waals surface area contributed by atoms with Crippen molar-refractivity contribution in [2.24, 2.45) is 11.7 Å². The SMILES string of the molecule is Cc1cnc(-c2nc(CC(C)C)c(CN)s2)c(C)c1. The molecule has 0 amide bonds. The van der Waals surface area contributed by atoms with Crippen molar-refractivity contribution in [3.8, 4) is 10.7 Å². The first-order chi connectivity index (χ1) is 9.01. The van der Waals surface area contributed by atoms with Crippen LogP contribution in [0, 0.1) is 19.8 Å². The van der Waals surface area contributed by atoms with Gasteiger partial charge in [0.1, 0.15) is 10.7 Å². The van der Waals surface area contributed by atoms with E-state index in [9.17, 15) is 0 Å². The Morgan fingerprint density at radius 3 is 2.63 bits per heavy atom. The third kappa shape index (κ3) is 3.19. The minimum absolute atomic E-state index is 0.560. The van der Waals surface area contributed by atoms with Gasteiger partial charge in [0.05, 0.1) is 5.69 Å². The van der Waals surface area contributed by atoms with Gasteiger partial charge in [0, 0.05) is 17.6 Å². The summed E-state index contributed by atoms with van der Waals surface area (Å²) in [6, 6.07) is 2.15. The van der Waals surface area contributed by atoms with Crippen LogP contribution in [-0.2, 0) is 13.0 Å². The topological polar surface area (TPSA) is 51.8 Å². The van der Waals surface area contributed by atoms with Gasteiger partial charge in [0.2, 0.25) is 0 Å². The Morgan fingerprint density at radius 2 is 2.05 bits per heavy atom.